The molecule has 0 unspecified atom stereocenters. The lowest BCUT2D eigenvalue weighted by molar-refractivity contribution is 1.04. The van der Waals surface area contributed by atoms with Gasteiger partial charge in [-0.2, -0.15) is 0 Å². The van der Waals surface area contributed by atoms with Crippen LogP contribution in [0.4, 0.5) is 0 Å². The minimum absolute atomic E-state index is 0.543. The van der Waals surface area contributed by atoms with Crippen molar-refractivity contribution in [1.29, 1.82) is 0 Å². The van der Waals surface area contributed by atoms with E-state index in [-0.39, 0.29) is 0 Å². The zero-order valence-electron chi connectivity index (χ0n) is 31.4. The van der Waals surface area contributed by atoms with Gasteiger partial charge in [0.15, 0.2) is 17.5 Å². The average Bonchev–Trinajstić information content (AvgIpc) is 3.80. The number of fused-ring (bicyclic) bond motifs is 6. The Balaban J connectivity index is 1.09. The summed E-state index contributed by atoms with van der Waals surface area (Å²) < 4.78 is 4.73. The first kappa shape index (κ1) is 33.9. The number of rotatable bonds is 8. The SMILES string of the molecule is C=C(/C=C\C=C/C)c1nc(-c2ccccc2)nc(-c2ccc(-n3c4ccccc4c4c(-c5ccc6c(c5)c5ccccc5n6-c5ccccc5)cccc43)cc2)n1. The molecule has 10 aromatic rings. The van der Waals surface area contributed by atoms with E-state index >= 15 is 0 Å². The first-order valence-corrected chi connectivity index (χ1v) is 19.2. The van der Waals surface area contributed by atoms with Crippen molar-refractivity contribution in [2.75, 3.05) is 0 Å². The predicted molar refractivity (Wildman–Crippen MR) is 238 cm³/mol. The Bertz CT molecular complexity index is 3180. The maximum atomic E-state index is 4.94. The van der Waals surface area contributed by atoms with Crippen molar-refractivity contribution in [3.05, 3.63) is 207 Å². The van der Waals surface area contributed by atoms with Crippen LogP contribution in [0.1, 0.15) is 12.7 Å². The highest BCUT2D eigenvalue weighted by atomic mass is 15.0. The second kappa shape index (κ2) is 14.2. The second-order valence-corrected chi connectivity index (χ2v) is 14.1. The largest absolute Gasteiger partial charge is 0.309 e. The van der Waals surface area contributed by atoms with E-state index in [1.165, 1.54) is 43.7 Å². The highest BCUT2D eigenvalue weighted by molar-refractivity contribution is 6.17. The number of nitrogens with zero attached hydrogens (tertiary/aromatic N) is 5. The van der Waals surface area contributed by atoms with E-state index in [0.717, 1.165) is 33.5 Å². The minimum Gasteiger partial charge on any atom is -0.309 e. The van der Waals surface area contributed by atoms with Crippen molar-refractivity contribution in [2.45, 2.75) is 6.92 Å². The van der Waals surface area contributed by atoms with Gasteiger partial charge in [-0.25, -0.2) is 15.0 Å². The molecule has 0 amide bonds. The Morgan fingerprint density at radius 1 is 0.474 bits per heavy atom. The van der Waals surface area contributed by atoms with Crippen LogP contribution in [0.15, 0.2) is 201 Å². The van der Waals surface area contributed by atoms with Crippen LogP contribution < -0.4 is 0 Å². The van der Waals surface area contributed by atoms with Gasteiger partial charge in [0, 0.05) is 49.6 Å². The summed E-state index contributed by atoms with van der Waals surface area (Å²) in [7, 11) is 0. The molecule has 0 atom stereocenters. The number of para-hydroxylation sites is 3. The van der Waals surface area contributed by atoms with Gasteiger partial charge in [-0.05, 0) is 84.8 Å². The van der Waals surface area contributed by atoms with Gasteiger partial charge in [0.2, 0.25) is 0 Å². The molecule has 0 aliphatic carbocycles. The maximum absolute atomic E-state index is 4.94. The summed E-state index contributed by atoms with van der Waals surface area (Å²) in [5, 5.41) is 4.90. The number of aromatic nitrogens is 5. The number of benzene rings is 7. The van der Waals surface area contributed by atoms with E-state index in [2.05, 4.69) is 155 Å². The van der Waals surface area contributed by atoms with E-state index < -0.39 is 0 Å². The van der Waals surface area contributed by atoms with Crippen molar-refractivity contribution in [3.8, 4) is 45.3 Å². The van der Waals surface area contributed by atoms with Crippen molar-refractivity contribution < 1.29 is 0 Å². The topological polar surface area (TPSA) is 48.5 Å². The lowest BCUT2D eigenvalue weighted by atomic mass is 9.98. The molecule has 0 radical (unpaired) electrons. The van der Waals surface area contributed by atoms with Gasteiger partial charge in [-0.1, -0.05) is 134 Å². The quantitative estimate of drug-likeness (QED) is 0.146. The molecule has 0 spiro atoms. The van der Waals surface area contributed by atoms with Crippen LogP contribution in [-0.4, -0.2) is 24.1 Å². The van der Waals surface area contributed by atoms with Crippen LogP contribution >= 0.6 is 0 Å². The lowest BCUT2D eigenvalue weighted by Crippen LogP contribution is -2.02. The summed E-state index contributed by atoms with van der Waals surface area (Å²) in [4.78, 5) is 14.7. The fourth-order valence-electron chi connectivity index (χ4n) is 8.02. The normalized spacial score (nSPS) is 11.9. The van der Waals surface area contributed by atoms with Gasteiger partial charge in [-0.3, -0.25) is 0 Å². The van der Waals surface area contributed by atoms with Crippen molar-refractivity contribution in [1.82, 2.24) is 24.1 Å². The molecule has 0 saturated carbocycles. The fourth-order valence-corrected chi connectivity index (χ4v) is 8.02. The monoisotopic (exact) mass is 731 g/mol. The third-order valence-corrected chi connectivity index (χ3v) is 10.6. The van der Waals surface area contributed by atoms with Crippen LogP contribution in [-0.2, 0) is 0 Å². The smallest absolute Gasteiger partial charge is 0.164 e. The summed E-state index contributed by atoms with van der Waals surface area (Å²) >= 11 is 0. The summed E-state index contributed by atoms with van der Waals surface area (Å²) in [6, 6.07) is 60.1. The number of allylic oxidation sites excluding steroid dienone is 5. The number of hydrogen-bond donors (Lipinski definition) is 0. The molecular weight excluding hydrogens is 695 g/mol. The van der Waals surface area contributed by atoms with E-state index in [1.807, 2.05) is 61.6 Å². The Morgan fingerprint density at radius 3 is 1.77 bits per heavy atom. The molecule has 0 bridgehead atoms. The van der Waals surface area contributed by atoms with Crippen LogP contribution in [0.2, 0.25) is 0 Å². The molecule has 270 valence electrons. The third-order valence-electron chi connectivity index (χ3n) is 10.6. The minimum atomic E-state index is 0.543. The molecule has 3 heterocycles. The van der Waals surface area contributed by atoms with Gasteiger partial charge in [0.05, 0.1) is 22.1 Å². The predicted octanol–water partition coefficient (Wildman–Crippen LogP) is 13.2. The number of hydrogen-bond acceptors (Lipinski definition) is 3. The Hall–Kier alpha value is -7.63. The van der Waals surface area contributed by atoms with Crippen molar-refractivity contribution in [3.63, 3.8) is 0 Å². The van der Waals surface area contributed by atoms with Crippen LogP contribution in [0.3, 0.4) is 0 Å². The Morgan fingerprint density at radius 2 is 1.04 bits per heavy atom. The molecule has 0 N–H and O–H groups in total. The lowest BCUT2D eigenvalue weighted by Gasteiger charge is -2.11. The zero-order valence-corrected chi connectivity index (χ0v) is 31.4. The van der Waals surface area contributed by atoms with E-state index in [0.29, 0.717) is 23.0 Å². The molecule has 57 heavy (non-hydrogen) atoms. The Kier molecular flexibility index (Phi) is 8.46. The molecule has 3 aromatic heterocycles. The Labute approximate surface area is 330 Å². The van der Waals surface area contributed by atoms with E-state index in [1.54, 1.807) is 0 Å². The zero-order chi connectivity index (χ0) is 38.3. The maximum Gasteiger partial charge on any atom is 0.164 e. The van der Waals surface area contributed by atoms with E-state index in [4.69, 9.17) is 15.0 Å². The molecule has 7 aromatic carbocycles. The van der Waals surface area contributed by atoms with Gasteiger partial charge in [-0.15, -0.1) is 0 Å². The van der Waals surface area contributed by atoms with Crippen molar-refractivity contribution >= 4 is 49.2 Å². The van der Waals surface area contributed by atoms with Gasteiger partial charge < -0.3 is 9.13 Å². The fraction of sp³-hybridized carbons (Fsp3) is 0.0192. The van der Waals surface area contributed by atoms with Gasteiger partial charge >= 0.3 is 0 Å². The third kappa shape index (κ3) is 5.94. The molecule has 0 aliphatic rings. The highest BCUT2D eigenvalue weighted by Crippen LogP contribution is 2.41. The molecular formula is C52H37N5. The summed E-state index contributed by atoms with van der Waals surface area (Å²) in [5.74, 6) is 1.75. The second-order valence-electron chi connectivity index (χ2n) is 14.1. The molecule has 5 heteroatoms. The van der Waals surface area contributed by atoms with Crippen molar-refractivity contribution in [2.24, 2.45) is 0 Å². The first-order chi connectivity index (χ1) is 28.2. The molecule has 0 fully saturated rings. The molecule has 5 nitrogen and oxygen atoms in total. The average molecular weight is 732 g/mol. The standard InChI is InChI=1S/C52H37N5/c1-3-4-7-17-35(2)50-53-51(36-18-8-5-9-19-36)55-52(54-50)37-28-31-40(32-29-37)57-46-26-15-13-23-43(46)49-41(24-16-27-48(49)57)38-30-33-47-44(34-38)42-22-12-14-25-45(42)56(47)39-20-10-6-11-21-39/h3-34H,2H2,1H3/b4-3-,17-7-. The van der Waals surface area contributed by atoms with Gasteiger partial charge in [0.25, 0.3) is 0 Å². The van der Waals surface area contributed by atoms with Crippen LogP contribution in [0, 0.1) is 0 Å². The van der Waals surface area contributed by atoms with Crippen LogP contribution in [0.25, 0.3) is 94.5 Å². The summed E-state index contributed by atoms with van der Waals surface area (Å²) in [6.07, 6.45) is 7.81. The molecule has 0 aliphatic heterocycles. The first-order valence-electron chi connectivity index (χ1n) is 19.2. The van der Waals surface area contributed by atoms with E-state index in [9.17, 15) is 0 Å². The molecule has 0 saturated heterocycles. The highest BCUT2D eigenvalue weighted by Gasteiger charge is 2.19. The summed E-state index contributed by atoms with van der Waals surface area (Å²) in [5.41, 5.74) is 11.8. The van der Waals surface area contributed by atoms with Crippen LogP contribution in [0.5, 0.6) is 0 Å². The molecule has 10 rings (SSSR count). The summed E-state index contributed by atoms with van der Waals surface area (Å²) in [6.45, 7) is 6.25. The van der Waals surface area contributed by atoms with Gasteiger partial charge in [0.1, 0.15) is 0 Å².